The van der Waals surface area contributed by atoms with Gasteiger partial charge in [0.05, 0.1) is 0 Å². The summed E-state index contributed by atoms with van der Waals surface area (Å²) in [6, 6.07) is 13.3. The van der Waals surface area contributed by atoms with Crippen molar-refractivity contribution in [2.45, 2.75) is 37.5 Å². The van der Waals surface area contributed by atoms with Crippen LogP contribution in [0, 0.1) is 27.7 Å². The summed E-state index contributed by atoms with van der Waals surface area (Å²) in [5, 5.41) is 0. The molecule has 0 saturated carbocycles. The van der Waals surface area contributed by atoms with Gasteiger partial charge in [-0.1, -0.05) is 39.8 Å². The van der Waals surface area contributed by atoms with Gasteiger partial charge in [-0.05, 0) is 68.1 Å². The lowest BCUT2D eigenvalue weighted by Gasteiger charge is -2.07. The quantitative estimate of drug-likeness (QED) is 0.656. The van der Waals surface area contributed by atoms with Gasteiger partial charge < -0.3 is 0 Å². The van der Waals surface area contributed by atoms with Gasteiger partial charge in [0.25, 0.3) is 0 Å². The van der Waals surface area contributed by atoms with Crippen molar-refractivity contribution in [1.29, 1.82) is 0 Å². The summed E-state index contributed by atoms with van der Waals surface area (Å²) in [7, 11) is 3.68. The molecule has 0 aromatic heterocycles. The average Bonchev–Trinajstić information content (AvgIpc) is 2.34. The summed E-state index contributed by atoms with van der Waals surface area (Å²) in [6.45, 7) is 8.64. The molecule has 0 heterocycles. The number of aryl methyl sites for hydroxylation is 4. The first-order chi connectivity index (χ1) is 8.56. The molecule has 0 unspecified atom stereocenters. The van der Waals surface area contributed by atoms with E-state index >= 15 is 0 Å². The Balaban J connectivity index is 2.11. The number of rotatable bonds is 3. The topological polar surface area (TPSA) is 0 Å². The Labute approximate surface area is 118 Å². The molecule has 0 N–H and O–H groups in total. The lowest BCUT2D eigenvalue weighted by Crippen LogP contribution is -1.81. The van der Waals surface area contributed by atoms with E-state index in [0.717, 1.165) is 0 Å². The molecule has 94 valence electrons. The molecule has 2 aromatic rings. The maximum Gasteiger partial charge on any atom is 0.0218 e. The maximum atomic E-state index is 2.26. The summed E-state index contributed by atoms with van der Waals surface area (Å²) in [6.07, 6.45) is 0. The summed E-state index contributed by atoms with van der Waals surface area (Å²) >= 11 is 0. The monoisotopic (exact) mass is 274 g/mol. The normalized spacial score (nSPS) is 10.7. The molecular weight excluding hydrogens is 256 g/mol. The first-order valence-electron chi connectivity index (χ1n) is 6.05. The Bertz CT molecular complexity index is 559. The van der Waals surface area contributed by atoms with E-state index in [1.807, 2.05) is 21.6 Å². The lowest BCUT2D eigenvalue weighted by molar-refractivity contribution is 1.27. The zero-order valence-corrected chi connectivity index (χ0v) is 12.9. The zero-order chi connectivity index (χ0) is 13.1. The Morgan fingerprint density at radius 3 is 2.11 bits per heavy atom. The van der Waals surface area contributed by atoms with Gasteiger partial charge in [-0.25, -0.2) is 0 Å². The van der Waals surface area contributed by atoms with Crippen LogP contribution in [0.5, 0.6) is 0 Å². The Hall–Kier alpha value is -0.860. The Kier molecular flexibility index (Phi) is 4.41. The van der Waals surface area contributed by atoms with Crippen LogP contribution in [0.4, 0.5) is 0 Å². The second-order valence-electron chi connectivity index (χ2n) is 4.68. The van der Waals surface area contributed by atoms with Gasteiger partial charge in [0.15, 0.2) is 0 Å². The molecule has 0 aliphatic rings. The van der Waals surface area contributed by atoms with E-state index in [-0.39, 0.29) is 0 Å². The van der Waals surface area contributed by atoms with Crippen LogP contribution in [0.1, 0.15) is 22.3 Å². The van der Waals surface area contributed by atoms with Crippen LogP contribution >= 0.6 is 21.6 Å². The molecule has 0 saturated heterocycles. The summed E-state index contributed by atoms with van der Waals surface area (Å²) in [5.74, 6) is 0. The minimum Gasteiger partial charge on any atom is -0.0590 e. The third kappa shape index (κ3) is 3.33. The molecule has 0 aliphatic carbocycles. The van der Waals surface area contributed by atoms with Crippen LogP contribution < -0.4 is 0 Å². The molecule has 0 amide bonds. The van der Waals surface area contributed by atoms with Crippen LogP contribution in [-0.4, -0.2) is 0 Å². The van der Waals surface area contributed by atoms with Crippen LogP contribution in [0.3, 0.4) is 0 Å². The van der Waals surface area contributed by atoms with Gasteiger partial charge in [-0.2, -0.15) is 0 Å². The largest absolute Gasteiger partial charge is 0.0590 e. The molecule has 0 bridgehead atoms. The third-order valence-electron chi connectivity index (χ3n) is 3.05. The molecule has 18 heavy (non-hydrogen) atoms. The molecule has 2 rings (SSSR count). The van der Waals surface area contributed by atoms with Crippen LogP contribution in [0.2, 0.25) is 0 Å². The van der Waals surface area contributed by atoms with E-state index in [4.69, 9.17) is 0 Å². The average molecular weight is 274 g/mol. The van der Waals surface area contributed by atoms with Gasteiger partial charge >= 0.3 is 0 Å². The summed E-state index contributed by atoms with van der Waals surface area (Å²) in [5.41, 5.74) is 5.39. The van der Waals surface area contributed by atoms with Crippen molar-refractivity contribution in [3.63, 3.8) is 0 Å². The predicted octanol–water partition coefficient (Wildman–Crippen LogP) is 5.72. The minimum atomic E-state index is 1.32. The van der Waals surface area contributed by atoms with Crippen LogP contribution in [0.15, 0.2) is 46.2 Å². The first kappa shape index (κ1) is 13.6. The maximum absolute atomic E-state index is 2.26. The van der Waals surface area contributed by atoms with Crippen LogP contribution in [0.25, 0.3) is 0 Å². The molecule has 0 atom stereocenters. The number of hydrogen-bond acceptors (Lipinski definition) is 2. The molecule has 2 heteroatoms. The van der Waals surface area contributed by atoms with Gasteiger partial charge in [0.2, 0.25) is 0 Å². The van der Waals surface area contributed by atoms with Crippen molar-refractivity contribution < 1.29 is 0 Å². The van der Waals surface area contributed by atoms with Crippen LogP contribution in [-0.2, 0) is 0 Å². The lowest BCUT2D eigenvalue weighted by atomic mass is 10.1. The highest BCUT2D eigenvalue weighted by molar-refractivity contribution is 8.76. The SMILES string of the molecule is Cc1ccc(C)c(SSc2ccc(C)c(C)c2)c1. The Morgan fingerprint density at radius 1 is 0.667 bits per heavy atom. The molecule has 0 nitrogen and oxygen atoms in total. The summed E-state index contributed by atoms with van der Waals surface area (Å²) in [4.78, 5) is 2.68. The van der Waals surface area contributed by atoms with Crippen molar-refractivity contribution in [3.8, 4) is 0 Å². The van der Waals surface area contributed by atoms with Gasteiger partial charge in [-0.3, -0.25) is 0 Å². The second-order valence-corrected chi connectivity index (χ2v) is 6.93. The summed E-state index contributed by atoms with van der Waals surface area (Å²) < 4.78 is 0. The molecule has 0 radical (unpaired) electrons. The minimum absolute atomic E-state index is 1.32. The number of benzene rings is 2. The molecule has 0 aliphatic heterocycles. The van der Waals surface area contributed by atoms with E-state index < -0.39 is 0 Å². The first-order valence-corrected chi connectivity index (χ1v) is 8.20. The highest BCUT2D eigenvalue weighted by atomic mass is 33.1. The van der Waals surface area contributed by atoms with Gasteiger partial charge in [0, 0.05) is 9.79 Å². The molecule has 0 spiro atoms. The molecule has 2 aromatic carbocycles. The highest BCUT2D eigenvalue weighted by Crippen LogP contribution is 2.39. The van der Waals surface area contributed by atoms with Gasteiger partial charge in [-0.15, -0.1) is 0 Å². The van der Waals surface area contributed by atoms with E-state index in [2.05, 4.69) is 64.1 Å². The molecule has 0 fully saturated rings. The van der Waals surface area contributed by atoms with E-state index in [1.165, 1.54) is 32.0 Å². The highest BCUT2D eigenvalue weighted by Gasteiger charge is 2.02. The molecular formula is C16H18S2. The predicted molar refractivity (Wildman–Crippen MR) is 83.5 cm³/mol. The fourth-order valence-corrected chi connectivity index (χ4v) is 4.03. The van der Waals surface area contributed by atoms with E-state index in [0.29, 0.717) is 0 Å². The van der Waals surface area contributed by atoms with E-state index in [1.54, 1.807) is 0 Å². The zero-order valence-electron chi connectivity index (χ0n) is 11.3. The smallest absolute Gasteiger partial charge is 0.0218 e. The van der Waals surface area contributed by atoms with Crippen molar-refractivity contribution in [1.82, 2.24) is 0 Å². The van der Waals surface area contributed by atoms with Gasteiger partial charge in [0.1, 0.15) is 0 Å². The second kappa shape index (κ2) is 5.85. The van der Waals surface area contributed by atoms with Crippen molar-refractivity contribution >= 4 is 21.6 Å². The van der Waals surface area contributed by atoms with Crippen molar-refractivity contribution in [2.24, 2.45) is 0 Å². The fraction of sp³-hybridized carbons (Fsp3) is 0.250. The third-order valence-corrected chi connectivity index (χ3v) is 5.56. The number of hydrogen-bond donors (Lipinski definition) is 0. The van der Waals surface area contributed by atoms with E-state index in [9.17, 15) is 0 Å². The fourth-order valence-electron chi connectivity index (χ4n) is 1.66. The standard InChI is InChI=1S/C16H18S2/c1-11-5-6-13(3)16(9-11)18-17-15-8-7-12(2)14(4)10-15/h5-10H,1-4H3. The van der Waals surface area contributed by atoms with Crippen molar-refractivity contribution in [3.05, 3.63) is 58.7 Å². The Morgan fingerprint density at radius 2 is 1.39 bits per heavy atom. The van der Waals surface area contributed by atoms with Crippen molar-refractivity contribution in [2.75, 3.05) is 0 Å².